The number of carbonyl (C=O) groups is 1. The highest BCUT2D eigenvalue weighted by molar-refractivity contribution is 5.87. The highest BCUT2D eigenvalue weighted by atomic mass is 16.6. The van der Waals surface area contributed by atoms with E-state index in [0.29, 0.717) is 12.3 Å². The third-order valence-electron chi connectivity index (χ3n) is 5.76. The van der Waals surface area contributed by atoms with Crippen LogP contribution in [0.4, 0.5) is 5.69 Å². The number of nitrogens with one attached hydrogen (secondary N) is 2. The predicted octanol–water partition coefficient (Wildman–Crippen LogP) is 3.55. The highest BCUT2D eigenvalue weighted by Crippen LogP contribution is 2.36. The van der Waals surface area contributed by atoms with Gasteiger partial charge in [-0.3, -0.25) is 14.9 Å². The number of nitro benzene ring substituents is 1. The van der Waals surface area contributed by atoms with E-state index in [1.54, 1.807) is 18.2 Å². The lowest BCUT2D eigenvalue weighted by Gasteiger charge is -2.19. The second-order valence-electron chi connectivity index (χ2n) is 7.82. The Hall–Kier alpha value is -3.82. The minimum absolute atomic E-state index is 0.0202. The van der Waals surface area contributed by atoms with Crippen LogP contribution >= 0.6 is 0 Å². The van der Waals surface area contributed by atoms with Crippen molar-refractivity contribution < 1.29 is 14.5 Å². The fourth-order valence-corrected chi connectivity index (χ4v) is 4.15. The first kappa shape index (κ1) is 20.1. The van der Waals surface area contributed by atoms with Gasteiger partial charge in [0, 0.05) is 19.0 Å². The van der Waals surface area contributed by atoms with Gasteiger partial charge in [-0.1, -0.05) is 48.5 Å². The van der Waals surface area contributed by atoms with Crippen LogP contribution in [0.5, 0.6) is 0 Å². The molecule has 2 aliphatic heterocycles. The van der Waals surface area contributed by atoms with Crippen molar-refractivity contribution in [1.29, 1.82) is 0 Å². The number of hydrogen-bond acceptors (Lipinski definition) is 7. The Morgan fingerprint density at radius 2 is 1.78 bits per heavy atom. The van der Waals surface area contributed by atoms with Crippen molar-refractivity contribution in [2.75, 3.05) is 0 Å². The molecule has 0 saturated carbocycles. The Labute approximate surface area is 183 Å². The van der Waals surface area contributed by atoms with E-state index in [9.17, 15) is 14.9 Å². The number of nitrogens with zero attached hydrogens (tertiary/aromatic N) is 3. The summed E-state index contributed by atoms with van der Waals surface area (Å²) in [6.45, 7) is 1.36. The molecule has 2 N–H and O–H groups in total. The molecule has 1 fully saturated rings. The molecule has 3 aromatic rings. The zero-order valence-corrected chi connectivity index (χ0v) is 17.3. The van der Waals surface area contributed by atoms with Crippen molar-refractivity contribution in [2.45, 2.75) is 31.7 Å². The Morgan fingerprint density at radius 1 is 1.06 bits per heavy atom. The summed E-state index contributed by atoms with van der Waals surface area (Å²) in [5.74, 6) is -0.0423. The number of amides is 1. The van der Waals surface area contributed by atoms with Gasteiger partial charge in [0.15, 0.2) is 0 Å². The normalized spacial score (nSPS) is 22.6. The number of rotatable bonds is 4. The first-order chi connectivity index (χ1) is 15.5. The van der Waals surface area contributed by atoms with E-state index in [4.69, 9.17) is 4.74 Å². The summed E-state index contributed by atoms with van der Waals surface area (Å²) in [5, 5.41) is 19.3. The zero-order chi connectivity index (χ0) is 22.2. The van der Waals surface area contributed by atoms with Crippen LogP contribution in [0.3, 0.4) is 0 Å². The van der Waals surface area contributed by atoms with Crippen molar-refractivity contribution in [1.82, 2.24) is 15.9 Å². The smallest absolute Gasteiger partial charge is 0.278 e. The van der Waals surface area contributed by atoms with Crippen LogP contribution < -0.4 is 10.9 Å². The fraction of sp³-hybridized carbons (Fsp3) is 0.217. The van der Waals surface area contributed by atoms with Crippen LogP contribution in [-0.2, 0) is 9.53 Å². The number of carbonyl (C=O) groups excluding carboxylic acids is 1. The van der Waals surface area contributed by atoms with Crippen molar-refractivity contribution in [3.8, 4) is 0 Å². The molecular weight excluding hydrogens is 410 g/mol. The quantitative estimate of drug-likeness (QED) is 0.483. The van der Waals surface area contributed by atoms with Crippen molar-refractivity contribution in [3.05, 3.63) is 88.0 Å². The molecule has 5 rings (SSSR count). The van der Waals surface area contributed by atoms with Gasteiger partial charge in [-0.05, 0) is 34.9 Å². The molecule has 3 aromatic carbocycles. The van der Waals surface area contributed by atoms with Gasteiger partial charge in [-0.15, -0.1) is 5.10 Å². The molecule has 2 heterocycles. The van der Waals surface area contributed by atoms with Crippen molar-refractivity contribution in [3.63, 3.8) is 0 Å². The maximum absolute atomic E-state index is 12.2. The van der Waals surface area contributed by atoms with Crippen LogP contribution in [0.25, 0.3) is 10.8 Å². The molecule has 1 amide bonds. The number of para-hydroxylation sites is 1. The monoisotopic (exact) mass is 431 g/mol. The van der Waals surface area contributed by atoms with E-state index in [0.717, 1.165) is 16.0 Å². The topological polar surface area (TPSA) is 109 Å². The summed E-state index contributed by atoms with van der Waals surface area (Å²) in [5.41, 5.74) is 7.74. The number of benzene rings is 3. The fourth-order valence-electron chi connectivity index (χ4n) is 4.15. The number of fused-ring (bicyclic) bond motifs is 1. The Kier molecular flexibility index (Phi) is 5.04. The van der Waals surface area contributed by atoms with Gasteiger partial charge in [-0.25, -0.2) is 10.9 Å². The van der Waals surface area contributed by atoms with Crippen LogP contribution in [-0.4, -0.2) is 27.8 Å². The van der Waals surface area contributed by atoms with Gasteiger partial charge in [0.25, 0.3) is 5.69 Å². The maximum atomic E-state index is 12.2. The number of ether oxygens (including phenoxy) is 1. The van der Waals surface area contributed by atoms with E-state index in [1.807, 2.05) is 12.1 Å². The average molecular weight is 431 g/mol. The van der Waals surface area contributed by atoms with E-state index in [-0.39, 0.29) is 29.2 Å². The van der Waals surface area contributed by atoms with E-state index >= 15 is 0 Å². The molecular formula is C23H21N5O4. The van der Waals surface area contributed by atoms with Gasteiger partial charge in [-0.2, -0.15) is 5.01 Å². The average Bonchev–Trinajstić information content (AvgIpc) is 3.46. The minimum atomic E-state index is -0.981. The second-order valence-corrected chi connectivity index (χ2v) is 7.82. The van der Waals surface area contributed by atoms with E-state index < -0.39 is 11.2 Å². The summed E-state index contributed by atoms with van der Waals surface area (Å²) >= 11 is 0. The van der Waals surface area contributed by atoms with Gasteiger partial charge in [0.2, 0.25) is 18.0 Å². The summed E-state index contributed by atoms with van der Waals surface area (Å²) in [6, 6.07) is 20.4. The summed E-state index contributed by atoms with van der Waals surface area (Å²) in [7, 11) is 0. The lowest BCUT2D eigenvalue weighted by molar-refractivity contribution is -0.386. The molecule has 9 nitrogen and oxygen atoms in total. The molecule has 9 heteroatoms. The molecule has 1 saturated heterocycles. The van der Waals surface area contributed by atoms with Crippen LogP contribution in [0.1, 0.15) is 36.7 Å². The first-order valence-corrected chi connectivity index (χ1v) is 10.3. The summed E-state index contributed by atoms with van der Waals surface area (Å²) in [6.07, 6.45) is -0.336. The number of nitro groups is 1. The first-order valence-electron chi connectivity index (χ1n) is 10.3. The molecule has 0 spiro atoms. The molecule has 32 heavy (non-hydrogen) atoms. The van der Waals surface area contributed by atoms with Crippen molar-refractivity contribution >= 4 is 28.3 Å². The number of hydrazone groups is 1. The molecule has 0 aromatic heterocycles. The van der Waals surface area contributed by atoms with Gasteiger partial charge < -0.3 is 4.74 Å². The van der Waals surface area contributed by atoms with Crippen LogP contribution in [0.15, 0.2) is 71.8 Å². The lowest BCUT2D eigenvalue weighted by atomic mass is 9.99. The Bertz CT molecular complexity index is 1240. The molecule has 3 atom stereocenters. The van der Waals surface area contributed by atoms with Crippen molar-refractivity contribution in [2.24, 2.45) is 5.10 Å². The standard InChI is InChI=1S/C23H21N5O4/c1-14(29)27-23(18-8-4-5-9-21(18)28(30)31)32-22(26-27)20-13-19(24-25-20)17-11-10-15-6-2-3-7-16(15)12-17/h2-12,19-20,23-25H,13H2,1H3. The number of hydrazine groups is 1. The van der Waals surface area contributed by atoms with Crippen LogP contribution in [0.2, 0.25) is 0 Å². The summed E-state index contributed by atoms with van der Waals surface area (Å²) in [4.78, 5) is 23.2. The lowest BCUT2D eigenvalue weighted by Crippen LogP contribution is -2.36. The highest BCUT2D eigenvalue weighted by Gasteiger charge is 2.41. The van der Waals surface area contributed by atoms with E-state index in [2.05, 4.69) is 46.3 Å². The third kappa shape index (κ3) is 3.57. The Balaban J connectivity index is 1.38. The molecule has 0 radical (unpaired) electrons. The predicted molar refractivity (Wildman–Crippen MR) is 118 cm³/mol. The van der Waals surface area contributed by atoms with E-state index in [1.165, 1.54) is 18.4 Å². The Morgan fingerprint density at radius 3 is 2.56 bits per heavy atom. The summed E-state index contributed by atoms with van der Waals surface area (Å²) < 4.78 is 6.00. The minimum Gasteiger partial charge on any atom is -0.448 e. The third-order valence-corrected chi connectivity index (χ3v) is 5.76. The maximum Gasteiger partial charge on any atom is 0.278 e. The number of hydrogen-bond donors (Lipinski definition) is 2. The van der Waals surface area contributed by atoms with Crippen LogP contribution in [0, 0.1) is 10.1 Å². The zero-order valence-electron chi connectivity index (χ0n) is 17.3. The molecule has 0 bridgehead atoms. The molecule has 0 aliphatic carbocycles. The van der Waals surface area contributed by atoms with Gasteiger partial charge in [0.05, 0.1) is 10.5 Å². The van der Waals surface area contributed by atoms with Gasteiger partial charge >= 0.3 is 0 Å². The molecule has 2 aliphatic rings. The largest absolute Gasteiger partial charge is 0.448 e. The molecule has 3 unspecified atom stereocenters. The van der Waals surface area contributed by atoms with Gasteiger partial charge in [0.1, 0.15) is 6.04 Å². The SMILES string of the molecule is CC(=O)N1N=C(C2CC(c3ccc4ccccc4c3)NN2)OC1c1ccccc1[N+](=O)[O-]. The molecule has 162 valence electrons. The second kappa shape index (κ2) is 8.03.